The van der Waals surface area contributed by atoms with E-state index in [1.807, 2.05) is 0 Å². The van der Waals surface area contributed by atoms with Crippen LogP contribution in [0.3, 0.4) is 0 Å². The summed E-state index contributed by atoms with van der Waals surface area (Å²) in [5.41, 5.74) is -0.173. The number of halogens is 4. The van der Waals surface area contributed by atoms with Crippen molar-refractivity contribution in [3.8, 4) is 11.5 Å². The molecule has 7 heteroatoms. The number of carbonyl (C=O) groups excluding carboxylic acids is 1. The number of benzene rings is 1. The van der Waals surface area contributed by atoms with Crippen molar-refractivity contribution in [2.75, 3.05) is 6.61 Å². The Morgan fingerprint density at radius 1 is 1.42 bits per heavy atom. The summed E-state index contributed by atoms with van der Waals surface area (Å²) in [6.45, 7) is 3.60. The van der Waals surface area contributed by atoms with Crippen LogP contribution in [0.15, 0.2) is 18.2 Å². The predicted molar refractivity (Wildman–Crippen MR) is 67.0 cm³/mol. The minimum atomic E-state index is -4.85. The van der Waals surface area contributed by atoms with Crippen LogP contribution >= 0.6 is 15.9 Å². The molecule has 0 amide bonds. The fraction of sp³-hybridized carbons (Fsp3) is 0.417. The highest BCUT2D eigenvalue weighted by Crippen LogP contribution is 2.31. The number of alkyl halides is 4. The van der Waals surface area contributed by atoms with Crippen LogP contribution in [-0.4, -0.2) is 23.6 Å². The second-order valence-corrected chi connectivity index (χ2v) is 4.99. The van der Waals surface area contributed by atoms with E-state index in [-0.39, 0.29) is 5.56 Å². The molecule has 3 nitrogen and oxygen atoms in total. The average molecular weight is 341 g/mol. The van der Waals surface area contributed by atoms with Gasteiger partial charge in [-0.3, -0.25) is 4.79 Å². The van der Waals surface area contributed by atoms with E-state index in [1.165, 1.54) is 19.1 Å². The number of ether oxygens (including phenoxy) is 2. The van der Waals surface area contributed by atoms with E-state index >= 15 is 0 Å². The van der Waals surface area contributed by atoms with Gasteiger partial charge in [-0.05, 0) is 32.0 Å². The first-order valence-electron chi connectivity index (χ1n) is 5.45. The second kappa shape index (κ2) is 6.27. The third-order valence-corrected chi connectivity index (χ3v) is 2.53. The van der Waals surface area contributed by atoms with Crippen molar-refractivity contribution in [3.05, 3.63) is 23.8 Å². The fourth-order valence-corrected chi connectivity index (χ4v) is 1.63. The molecule has 1 aromatic rings. The van der Waals surface area contributed by atoms with Crippen LogP contribution in [0.25, 0.3) is 0 Å². The third kappa shape index (κ3) is 4.74. The van der Waals surface area contributed by atoms with Gasteiger partial charge in [-0.1, -0.05) is 15.9 Å². The Labute approximate surface area is 116 Å². The third-order valence-electron chi connectivity index (χ3n) is 2.11. The van der Waals surface area contributed by atoms with E-state index in [2.05, 4.69) is 20.7 Å². The summed E-state index contributed by atoms with van der Waals surface area (Å²) in [7, 11) is 0. The van der Waals surface area contributed by atoms with Gasteiger partial charge in [-0.25, -0.2) is 0 Å². The lowest BCUT2D eigenvalue weighted by atomic mass is 10.1. The minimum Gasteiger partial charge on any atom is -0.494 e. The van der Waals surface area contributed by atoms with Gasteiger partial charge in [0.1, 0.15) is 11.5 Å². The first-order chi connectivity index (χ1) is 8.74. The molecule has 0 aliphatic heterocycles. The standard InChI is InChI=1S/C12H12BrF3O3/c1-3-18-8-4-5-10(19-12(14,15)16)9(6-8)11(17)7(2)13/h4-7H,3H2,1-2H3. The summed E-state index contributed by atoms with van der Waals surface area (Å²) in [6, 6.07) is 3.63. The van der Waals surface area contributed by atoms with Crippen LogP contribution in [0, 0.1) is 0 Å². The molecule has 19 heavy (non-hydrogen) atoms. The lowest BCUT2D eigenvalue weighted by Crippen LogP contribution is -2.20. The van der Waals surface area contributed by atoms with Crippen molar-refractivity contribution >= 4 is 21.7 Å². The normalized spacial score (nSPS) is 12.9. The van der Waals surface area contributed by atoms with Gasteiger partial charge in [0.2, 0.25) is 0 Å². The number of ketones is 1. The van der Waals surface area contributed by atoms with E-state index in [1.54, 1.807) is 6.92 Å². The molecular weight excluding hydrogens is 329 g/mol. The van der Waals surface area contributed by atoms with Crippen LogP contribution in [0.2, 0.25) is 0 Å². The maximum absolute atomic E-state index is 12.3. The van der Waals surface area contributed by atoms with Crippen molar-refractivity contribution in [1.82, 2.24) is 0 Å². The van der Waals surface area contributed by atoms with Gasteiger partial charge in [0.15, 0.2) is 5.78 Å². The molecule has 1 atom stereocenters. The largest absolute Gasteiger partial charge is 0.573 e. The lowest BCUT2D eigenvalue weighted by molar-refractivity contribution is -0.274. The van der Waals surface area contributed by atoms with Gasteiger partial charge in [0.05, 0.1) is 17.0 Å². The molecule has 0 saturated carbocycles. The van der Waals surface area contributed by atoms with Crippen molar-refractivity contribution in [2.45, 2.75) is 25.0 Å². The summed E-state index contributed by atoms with van der Waals surface area (Å²) in [6.07, 6.45) is -4.85. The van der Waals surface area contributed by atoms with E-state index in [0.29, 0.717) is 12.4 Å². The lowest BCUT2D eigenvalue weighted by Gasteiger charge is -2.14. The summed E-state index contributed by atoms with van der Waals surface area (Å²) in [5.74, 6) is -0.735. The molecule has 0 bridgehead atoms. The van der Waals surface area contributed by atoms with E-state index in [9.17, 15) is 18.0 Å². The molecule has 0 aromatic heterocycles. The molecule has 0 spiro atoms. The smallest absolute Gasteiger partial charge is 0.494 e. The summed E-state index contributed by atoms with van der Waals surface area (Å²) >= 11 is 3.03. The zero-order chi connectivity index (χ0) is 14.6. The summed E-state index contributed by atoms with van der Waals surface area (Å²) in [5, 5.41) is 0. The Bertz CT molecular complexity index is 458. The zero-order valence-corrected chi connectivity index (χ0v) is 11.8. The highest BCUT2D eigenvalue weighted by atomic mass is 79.9. The van der Waals surface area contributed by atoms with Gasteiger partial charge in [0.25, 0.3) is 0 Å². The minimum absolute atomic E-state index is 0.173. The van der Waals surface area contributed by atoms with Crippen LogP contribution in [0.1, 0.15) is 24.2 Å². The molecule has 0 saturated heterocycles. The molecule has 0 aliphatic rings. The molecule has 0 N–H and O–H groups in total. The Balaban J connectivity index is 3.18. The van der Waals surface area contributed by atoms with Gasteiger partial charge >= 0.3 is 6.36 Å². The molecule has 1 rings (SSSR count). The van der Waals surface area contributed by atoms with Crippen LogP contribution in [-0.2, 0) is 0 Å². The van der Waals surface area contributed by atoms with Crippen LogP contribution in [0.4, 0.5) is 13.2 Å². The first kappa shape index (κ1) is 15.8. The van der Waals surface area contributed by atoms with E-state index in [0.717, 1.165) is 6.07 Å². The highest BCUT2D eigenvalue weighted by molar-refractivity contribution is 9.10. The molecule has 0 fully saturated rings. The second-order valence-electron chi connectivity index (χ2n) is 3.62. The molecular formula is C12H12BrF3O3. The average Bonchev–Trinajstić information content (AvgIpc) is 2.28. The number of Topliss-reactive ketones (excluding diaryl/α,β-unsaturated/α-hetero) is 1. The maximum Gasteiger partial charge on any atom is 0.573 e. The molecule has 1 unspecified atom stereocenters. The van der Waals surface area contributed by atoms with E-state index < -0.39 is 22.7 Å². The maximum atomic E-state index is 12.3. The van der Waals surface area contributed by atoms with Crippen LogP contribution in [0.5, 0.6) is 11.5 Å². The Hall–Kier alpha value is -1.24. The monoisotopic (exact) mass is 340 g/mol. The molecule has 1 aromatic carbocycles. The van der Waals surface area contributed by atoms with Gasteiger partial charge in [0, 0.05) is 0 Å². The summed E-state index contributed by atoms with van der Waals surface area (Å²) < 4.78 is 45.8. The van der Waals surface area contributed by atoms with Crippen molar-refractivity contribution in [3.63, 3.8) is 0 Å². The molecule has 0 heterocycles. The Kier molecular flexibility index (Phi) is 5.22. The quantitative estimate of drug-likeness (QED) is 0.601. The Morgan fingerprint density at radius 2 is 2.05 bits per heavy atom. The topological polar surface area (TPSA) is 35.5 Å². The highest BCUT2D eigenvalue weighted by Gasteiger charge is 2.33. The van der Waals surface area contributed by atoms with Crippen molar-refractivity contribution < 1.29 is 27.4 Å². The van der Waals surface area contributed by atoms with Crippen LogP contribution < -0.4 is 9.47 Å². The SMILES string of the molecule is CCOc1ccc(OC(F)(F)F)c(C(=O)C(C)Br)c1. The molecule has 106 valence electrons. The predicted octanol–water partition coefficient (Wildman–Crippen LogP) is 3.95. The van der Waals surface area contributed by atoms with Gasteiger partial charge in [-0.2, -0.15) is 0 Å². The van der Waals surface area contributed by atoms with Crippen molar-refractivity contribution in [1.29, 1.82) is 0 Å². The molecule has 0 radical (unpaired) electrons. The number of rotatable bonds is 5. The van der Waals surface area contributed by atoms with Crippen molar-refractivity contribution in [2.24, 2.45) is 0 Å². The number of hydrogen-bond donors (Lipinski definition) is 0. The van der Waals surface area contributed by atoms with E-state index in [4.69, 9.17) is 4.74 Å². The number of hydrogen-bond acceptors (Lipinski definition) is 3. The zero-order valence-electron chi connectivity index (χ0n) is 10.3. The molecule has 0 aliphatic carbocycles. The van der Waals surface area contributed by atoms with Gasteiger partial charge < -0.3 is 9.47 Å². The first-order valence-corrected chi connectivity index (χ1v) is 6.37. The fourth-order valence-electron chi connectivity index (χ4n) is 1.39. The number of carbonyl (C=O) groups is 1. The Morgan fingerprint density at radius 3 is 2.53 bits per heavy atom. The van der Waals surface area contributed by atoms with Gasteiger partial charge in [-0.15, -0.1) is 13.2 Å². The summed E-state index contributed by atoms with van der Waals surface area (Å²) in [4.78, 5) is 11.2.